The minimum atomic E-state index is -0.0990. The van der Waals surface area contributed by atoms with Gasteiger partial charge in [-0.1, -0.05) is 49.8 Å². The second-order valence-corrected chi connectivity index (χ2v) is 10.4. The Bertz CT molecular complexity index is 837. The number of hydrogen-bond acceptors (Lipinski definition) is 2. The van der Waals surface area contributed by atoms with Gasteiger partial charge in [-0.15, -0.1) is 0 Å². The number of rotatable bonds is 2. The third-order valence-corrected chi connectivity index (χ3v) is 9.19. The van der Waals surface area contributed by atoms with Crippen molar-refractivity contribution in [3.8, 4) is 0 Å². The zero-order valence-electron chi connectivity index (χ0n) is 17.2. The van der Waals surface area contributed by atoms with Gasteiger partial charge in [-0.3, -0.25) is 9.59 Å². The molecule has 0 heterocycles. The second-order valence-electron chi connectivity index (χ2n) is 10.4. The summed E-state index contributed by atoms with van der Waals surface area (Å²) in [5.41, 5.74) is 2.88. The van der Waals surface area contributed by atoms with E-state index in [1.807, 2.05) is 6.08 Å². The molecule has 3 saturated carbocycles. The van der Waals surface area contributed by atoms with Gasteiger partial charge >= 0.3 is 0 Å². The van der Waals surface area contributed by atoms with Gasteiger partial charge in [0.05, 0.1) is 0 Å². The molecule has 2 nitrogen and oxygen atoms in total. The molecule has 6 atom stereocenters. The summed E-state index contributed by atoms with van der Waals surface area (Å²) in [7, 11) is 0. The molecule has 1 aromatic rings. The summed E-state index contributed by atoms with van der Waals surface area (Å²) in [5, 5.41) is 0. The van der Waals surface area contributed by atoms with Crippen LogP contribution in [0.25, 0.3) is 0 Å². The van der Waals surface area contributed by atoms with Crippen molar-refractivity contribution in [2.75, 3.05) is 0 Å². The van der Waals surface area contributed by atoms with E-state index in [2.05, 4.69) is 44.2 Å². The van der Waals surface area contributed by atoms with Gasteiger partial charge in [-0.25, -0.2) is 0 Å². The van der Waals surface area contributed by atoms with Crippen molar-refractivity contribution in [2.45, 2.75) is 65.2 Å². The molecule has 2 heteroatoms. The van der Waals surface area contributed by atoms with Crippen LogP contribution in [-0.2, 0) is 16.0 Å². The zero-order chi connectivity index (χ0) is 19.5. The summed E-state index contributed by atoms with van der Waals surface area (Å²) in [6.45, 7) is 4.70. The van der Waals surface area contributed by atoms with Crippen molar-refractivity contribution in [1.29, 1.82) is 0 Å². The molecule has 0 saturated heterocycles. The molecule has 148 valence electrons. The van der Waals surface area contributed by atoms with Crippen molar-refractivity contribution in [2.24, 2.45) is 34.5 Å². The average molecular weight is 377 g/mol. The van der Waals surface area contributed by atoms with E-state index in [-0.39, 0.29) is 10.8 Å². The molecule has 0 bridgehead atoms. The minimum Gasteiger partial charge on any atom is -0.299 e. The smallest absolute Gasteiger partial charge is 0.155 e. The Balaban J connectivity index is 1.57. The van der Waals surface area contributed by atoms with Crippen molar-refractivity contribution >= 4 is 11.6 Å². The number of carbonyl (C=O) groups is 2. The predicted molar refractivity (Wildman–Crippen MR) is 111 cm³/mol. The van der Waals surface area contributed by atoms with Crippen LogP contribution in [0.4, 0.5) is 0 Å². The lowest BCUT2D eigenvalue weighted by atomic mass is 9.44. The van der Waals surface area contributed by atoms with Crippen LogP contribution in [0.2, 0.25) is 0 Å². The van der Waals surface area contributed by atoms with Crippen LogP contribution in [0, 0.1) is 34.5 Å². The van der Waals surface area contributed by atoms with Crippen LogP contribution in [0.3, 0.4) is 0 Å². The Morgan fingerprint density at radius 2 is 1.68 bits per heavy atom. The number of benzene rings is 1. The van der Waals surface area contributed by atoms with E-state index in [0.717, 1.165) is 44.9 Å². The fourth-order valence-electron chi connectivity index (χ4n) is 7.60. The maximum atomic E-state index is 12.8. The summed E-state index contributed by atoms with van der Waals surface area (Å²) in [6.07, 6.45) is 9.88. The highest BCUT2D eigenvalue weighted by atomic mass is 16.1. The van der Waals surface area contributed by atoms with Crippen molar-refractivity contribution in [3.05, 3.63) is 47.5 Å². The van der Waals surface area contributed by atoms with E-state index in [1.54, 1.807) is 0 Å². The summed E-state index contributed by atoms with van der Waals surface area (Å²) in [5.74, 6) is 3.15. The minimum absolute atomic E-state index is 0.0990. The number of ketones is 2. The van der Waals surface area contributed by atoms with Gasteiger partial charge in [-0.2, -0.15) is 0 Å². The van der Waals surface area contributed by atoms with E-state index in [0.29, 0.717) is 41.7 Å². The quantitative estimate of drug-likeness (QED) is 0.677. The van der Waals surface area contributed by atoms with Crippen LogP contribution in [0.5, 0.6) is 0 Å². The first kappa shape index (κ1) is 18.3. The molecule has 0 spiro atoms. The Kier molecular flexibility index (Phi) is 4.19. The number of hydrogen-bond donors (Lipinski definition) is 0. The van der Waals surface area contributed by atoms with E-state index in [1.165, 1.54) is 11.1 Å². The molecule has 0 N–H and O–H groups in total. The number of Topliss-reactive ketones (excluding diaryl/α,β-unsaturated/α-hetero) is 1. The number of carbonyl (C=O) groups excluding carboxylic acids is 2. The lowest BCUT2D eigenvalue weighted by molar-refractivity contribution is -0.135. The maximum absolute atomic E-state index is 12.8. The Morgan fingerprint density at radius 1 is 0.929 bits per heavy atom. The lowest BCUT2D eigenvalue weighted by Gasteiger charge is -2.59. The first-order valence-electron chi connectivity index (χ1n) is 11.2. The highest BCUT2D eigenvalue weighted by Crippen LogP contribution is 2.66. The van der Waals surface area contributed by atoms with Gasteiger partial charge in [0.15, 0.2) is 5.78 Å². The number of fused-ring (bicyclic) bond motifs is 5. The molecule has 5 rings (SSSR count). The highest BCUT2D eigenvalue weighted by Gasteiger charge is 2.61. The van der Waals surface area contributed by atoms with Gasteiger partial charge in [0.1, 0.15) is 5.78 Å². The van der Waals surface area contributed by atoms with Crippen LogP contribution >= 0.6 is 0 Å². The van der Waals surface area contributed by atoms with Crippen LogP contribution in [-0.4, -0.2) is 11.6 Å². The van der Waals surface area contributed by atoms with Gasteiger partial charge in [-0.05, 0) is 79.3 Å². The summed E-state index contributed by atoms with van der Waals surface area (Å²) < 4.78 is 0. The first-order chi connectivity index (χ1) is 13.4. The van der Waals surface area contributed by atoms with E-state index in [4.69, 9.17) is 0 Å². The maximum Gasteiger partial charge on any atom is 0.155 e. The molecular formula is C26H32O2. The van der Waals surface area contributed by atoms with E-state index >= 15 is 0 Å². The van der Waals surface area contributed by atoms with Crippen molar-refractivity contribution in [3.63, 3.8) is 0 Å². The fraction of sp³-hybridized carbons (Fsp3) is 0.615. The molecule has 0 unspecified atom stereocenters. The zero-order valence-corrected chi connectivity index (χ0v) is 17.2. The van der Waals surface area contributed by atoms with Crippen molar-refractivity contribution in [1.82, 2.24) is 0 Å². The normalized spacial score (nSPS) is 42.4. The van der Waals surface area contributed by atoms with Crippen LogP contribution < -0.4 is 0 Å². The molecule has 28 heavy (non-hydrogen) atoms. The van der Waals surface area contributed by atoms with Gasteiger partial charge < -0.3 is 0 Å². The SMILES string of the molecule is C[C@]12CCC(=O)C=C1C[C@H](Cc1ccccc1)[C@@H]1[C@@H]2CC[C@]2(C)C(=O)CC[C@@H]12. The first-order valence-corrected chi connectivity index (χ1v) is 11.2. The molecule has 0 aliphatic heterocycles. The van der Waals surface area contributed by atoms with Crippen molar-refractivity contribution < 1.29 is 9.59 Å². The Labute approximate surface area is 168 Å². The molecule has 0 aromatic heterocycles. The second kappa shape index (κ2) is 6.40. The van der Waals surface area contributed by atoms with Crippen LogP contribution in [0.15, 0.2) is 42.0 Å². The van der Waals surface area contributed by atoms with Gasteiger partial charge in [0.2, 0.25) is 0 Å². The molecule has 4 aliphatic rings. The molecule has 1 aromatic carbocycles. The van der Waals surface area contributed by atoms with Gasteiger partial charge in [0.25, 0.3) is 0 Å². The molecule has 0 amide bonds. The van der Waals surface area contributed by atoms with E-state index < -0.39 is 0 Å². The predicted octanol–water partition coefficient (Wildman–Crippen LogP) is 5.56. The van der Waals surface area contributed by atoms with Crippen LogP contribution in [0.1, 0.15) is 64.4 Å². The summed E-state index contributed by atoms with van der Waals surface area (Å²) in [4.78, 5) is 25.1. The Hall–Kier alpha value is -1.70. The number of allylic oxidation sites excluding steroid dienone is 1. The Morgan fingerprint density at radius 3 is 2.46 bits per heavy atom. The largest absolute Gasteiger partial charge is 0.299 e. The summed E-state index contributed by atoms with van der Waals surface area (Å²) in [6, 6.07) is 10.8. The van der Waals surface area contributed by atoms with E-state index in [9.17, 15) is 9.59 Å². The van der Waals surface area contributed by atoms with Gasteiger partial charge in [0, 0.05) is 18.3 Å². The topological polar surface area (TPSA) is 34.1 Å². The standard InChI is InChI=1S/C26H32O2/c1-25-12-10-20(27)16-19(25)15-18(14-17-6-4-3-5-7-17)24-21-8-9-23(28)26(21,2)13-11-22(24)25/h3-7,16,18,21-22,24H,8-15H2,1-2H3/t18-,21-,22-,24-,25-,26-/m0/s1. The molecule has 4 aliphatic carbocycles. The third-order valence-electron chi connectivity index (χ3n) is 9.19. The third kappa shape index (κ3) is 2.60. The summed E-state index contributed by atoms with van der Waals surface area (Å²) >= 11 is 0. The molecule has 3 fully saturated rings. The average Bonchev–Trinajstić information content (AvgIpc) is 2.99. The molecule has 0 radical (unpaired) electrons. The highest BCUT2D eigenvalue weighted by molar-refractivity contribution is 5.91. The fourth-order valence-corrected chi connectivity index (χ4v) is 7.60. The lowest BCUT2D eigenvalue weighted by Crippen LogP contribution is -2.54. The molecular weight excluding hydrogens is 344 g/mol. The monoisotopic (exact) mass is 376 g/mol.